The van der Waals surface area contributed by atoms with Gasteiger partial charge in [0.25, 0.3) is 0 Å². The first kappa shape index (κ1) is 15.5. The number of hydrogen-bond acceptors (Lipinski definition) is 2. The first-order chi connectivity index (χ1) is 10.1. The van der Waals surface area contributed by atoms with Gasteiger partial charge in [-0.3, -0.25) is 0 Å². The van der Waals surface area contributed by atoms with E-state index in [2.05, 4.69) is 19.1 Å². The van der Waals surface area contributed by atoms with Crippen molar-refractivity contribution in [3.8, 4) is 5.75 Å². The van der Waals surface area contributed by atoms with E-state index >= 15 is 0 Å². The standard InChI is InChI=1S/C18H21FO2/c1-13-6-3-4-7-14(13)10-11-16(20)12-15-8-5-9-17(21-2)18(15)19/h3-9,16,20H,10-12H2,1-2H3. The molecule has 1 unspecified atom stereocenters. The molecule has 1 N–H and O–H groups in total. The minimum atomic E-state index is -0.564. The summed E-state index contributed by atoms with van der Waals surface area (Å²) >= 11 is 0. The third-order valence-corrected chi connectivity index (χ3v) is 3.73. The number of benzene rings is 2. The second kappa shape index (κ2) is 7.23. The second-order valence-electron chi connectivity index (χ2n) is 5.26. The summed E-state index contributed by atoms with van der Waals surface area (Å²) in [6.07, 6.45) is 1.14. The van der Waals surface area contributed by atoms with Crippen LogP contribution in [-0.4, -0.2) is 18.3 Å². The molecular formula is C18H21FO2. The van der Waals surface area contributed by atoms with Gasteiger partial charge in [0.15, 0.2) is 11.6 Å². The summed E-state index contributed by atoms with van der Waals surface area (Å²) in [5.41, 5.74) is 2.94. The van der Waals surface area contributed by atoms with Crippen molar-refractivity contribution in [2.75, 3.05) is 7.11 Å². The van der Waals surface area contributed by atoms with Crippen LogP contribution in [0.3, 0.4) is 0 Å². The molecule has 0 amide bonds. The smallest absolute Gasteiger partial charge is 0.168 e. The molecule has 0 aliphatic carbocycles. The molecule has 21 heavy (non-hydrogen) atoms. The van der Waals surface area contributed by atoms with E-state index in [1.165, 1.54) is 18.2 Å². The Balaban J connectivity index is 1.96. The molecular weight excluding hydrogens is 267 g/mol. The van der Waals surface area contributed by atoms with E-state index in [0.29, 0.717) is 18.4 Å². The Hall–Kier alpha value is -1.87. The van der Waals surface area contributed by atoms with E-state index in [-0.39, 0.29) is 11.6 Å². The lowest BCUT2D eigenvalue weighted by atomic mass is 9.98. The van der Waals surface area contributed by atoms with Crippen molar-refractivity contribution in [3.05, 3.63) is 65.0 Å². The lowest BCUT2D eigenvalue weighted by Gasteiger charge is -2.13. The Labute approximate surface area is 125 Å². The van der Waals surface area contributed by atoms with E-state index < -0.39 is 6.10 Å². The predicted molar refractivity (Wildman–Crippen MR) is 82.2 cm³/mol. The molecule has 0 bridgehead atoms. The third-order valence-electron chi connectivity index (χ3n) is 3.73. The van der Waals surface area contributed by atoms with E-state index in [9.17, 15) is 9.50 Å². The molecule has 0 fully saturated rings. The summed E-state index contributed by atoms with van der Waals surface area (Å²) < 4.78 is 19.0. The van der Waals surface area contributed by atoms with Gasteiger partial charge in [-0.05, 0) is 42.5 Å². The van der Waals surface area contributed by atoms with Crippen molar-refractivity contribution >= 4 is 0 Å². The highest BCUT2D eigenvalue weighted by atomic mass is 19.1. The van der Waals surface area contributed by atoms with Crippen LogP contribution in [0.5, 0.6) is 5.75 Å². The van der Waals surface area contributed by atoms with Gasteiger partial charge in [-0.25, -0.2) is 4.39 Å². The van der Waals surface area contributed by atoms with Crippen molar-refractivity contribution in [2.45, 2.75) is 32.3 Å². The van der Waals surface area contributed by atoms with Gasteiger partial charge in [-0.2, -0.15) is 0 Å². The van der Waals surface area contributed by atoms with E-state index in [1.54, 1.807) is 18.2 Å². The van der Waals surface area contributed by atoms with E-state index in [0.717, 1.165) is 6.42 Å². The Morgan fingerprint density at radius 1 is 1.10 bits per heavy atom. The summed E-state index contributed by atoms with van der Waals surface area (Å²) in [6.45, 7) is 2.06. The molecule has 0 heterocycles. The summed E-state index contributed by atoms with van der Waals surface area (Å²) in [6, 6.07) is 13.1. The van der Waals surface area contributed by atoms with Crippen molar-refractivity contribution in [1.29, 1.82) is 0 Å². The van der Waals surface area contributed by atoms with Gasteiger partial charge < -0.3 is 9.84 Å². The third kappa shape index (κ3) is 4.05. The van der Waals surface area contributed by atoms with Crippen molar-refractivity contribution in [3.63, 3.8) is 0 Å². The molecule has 0 aliphatic rings. The Morgan fingerprint density at radius 2 is 1.81 bits per heavy atom. The maximum Gasteiger partial charge on any atom is 0.168 e. The molecule has 2 aromatic rings. The monoisotopic (exact) mass is 288 g/mol. The van der Waals surface area contributed by atoms with E-state index in [4.69, 9.17) is 4.74 Å². The first-order valence-corrected chi connectivity index (χ1v) is 7.15. The lowest BCUT2D eigenvalue weighted by molar-refractivity contribution is 0.163. The van der Waals surface area contributed by atoms with Gasteiger partial charge in [0.1, 0.15) is 0 Å². The normalized spacial score (nSPS) is 12.2. The quantitative estimate of drug-likeness (QED) is 0.878. The molecule has 2 nitrogen and oxygen atoms in total. The lowest BCUT2D eigenvalue weighted by Crippen LogP contribution is -2.13. The maximum atomic E-state index is 14.0. The zero-order chi connectivity index (χ0) is 15.2. The summed E-state index contributed by atoms with van der Waals surface area (Å²) in [4.78, 5) is 0. The molecule has 0 saturated heterocycles. The Bertz CT molecular complexity index is 596. The molecule has 1 atom stereocenters. The van der Waals surface area contributed by atoms with Crippen LogP contribution >= 0.6 is 0 Å². The maximum absolute atomic E-state index is 14.0. The van der Waals surface area contributed by atoms with Gasteiger partial charge in [-0.15, -0.1) is 0 Å². The Morgan fingerprint density at radius 3 is 2.52 bits per heavy atom. The van der Waals surface area contributed by atoms with E-state index in [1.807, 2.05) is 12.1 Å². The van der Waals surface area contributed by atoms with Gasteiger partial charge >= 0.3 is 0 Å². The van der Waals surface area contributed by atoms with Crippen LogP contribution < -0.4 is 4.74 Å². The highest BCUT2D eigenvalue weighted by molar-refractivity contribution is 5.31. The van der Waals surface area contributed by atoms with Crippen molar-refractivity contribution in [1.82, 2.24) is 0 Å². The minimum Gasteiger partial charge on any atom is -0.494 e. The van der Waals surface area contributed by atoms with Crippen LogP contribution in [0.25, 0.3) is 0 Å². The van der Waals surface area contributed by atoms with Crippen LogP contribution in [0.2, 0.25) is 0 Å². The number of hydrogen-bond donors (Lipinski definition) is 1. The number of ether oxygens (including phenoxy) is 1. The molecule has 0 saturated carbocycles. The van der Waals surface area contributed by atoms with Gasteiger partial charge in [0.05, 0.1) is 13.2 Å². The second-order valence-corrected chi connectivity index (χ2v) is 5.26. The van der Waals surface area contributed by atoms with Gasteiger partial charge in [0.2, 0.25) is 0 Å². The average Bonchev–Trinajstić information content (AvgIpc) is 2.48. The highest BCUT2D eigenvalue weighted by Gasteiger charge is 2.13. The minimum absolute atomic E-state index is 0.221. The van der Waals surface area contributed by atoms with Gasteiger partial charge in [-0.1, -0.05) is 36.4 Å². The molecule has 0 spiro atoms. The van der Waals surface area contributed by atoms with Crippen LogP contribution in [0.4, 0.5) is 4.39 Å². The zero-order valence-corrected chi connectivity index (χ0v) is 12.5. The molecule has 2 rings (SSSR count). The predicted octanol–water partition coefficient (Wildman–Crippen LogP) is 3.68. The molecule has 3 heteroatoms. The van der Waals surface area contributed by atoms with Gasteiger partial charge in [0, 0.05) is 6.42 Å². The Kier molecular flexibility index (Phi) is 5.34. The number of rotatable bonds is 6. The molecule has 112 valence electrons. The highest BCUT2D eigenvalue weighted by Crippen LogP contribution is 2.22. The molecule has 0 aliphatic heterocycles. The van der Waals surface area contributed by atoms with Crippen molar-refractivity contribution < 1.29 is 14.2 Å². The molecule has 0 aromatic heterocycles. The largest absolute Gasteiger partial charge is 0.494 e. The van der Waals surface area contributed by atoms with Crippen LogP contribution in [0.1, 0.15) is 23.1 Å². The summed E-state index contributed by atoms with van der Waals surface area (Å²) in [5, 5.41) is 10.1. The van der Waals surface area contributed by atoms with Crippen molar-refractivity contribution in [2.24, 2.45) is 0 Å². The van der Waals surface area contributed by atoms with Crippen LogP contribution in [0, 0.1) is 12.7 Å². The number of aliphatic hydroxyl groups is 1. The summed E-state index contributed by atoms with van der Waals surface area (Å²) in [5.74, 6) is -0.159. The first-order valence-electron chi connectivity index (χ1n) is 7.15. The molecule has 2 aromatic carbocycles. The fraction of sp³-hybridized carbons (Fsp3) is 0.333. The average molecular weight is 288 g/mol. The van der Waals surface area contributed by atoms with Crippen LogP contribution in [-0.2, 0) is 12.8 Å². The SMILES string of the molecule is COc1cccc(CC(O)CCc2ccccc2C)c1F. The number of methoxy groups -OCH3 is 1. The van der Waals surface area contributed by atoms with Crippen LogP contribution in [0.15, 0.2) is 42.5 Å². The number of halogens is 1. The topological polar surface area (TPSA) is 29.5 Å². The zero-order valence-electron chi connectivity index (χ0n) is 12.5. The number of aryl methyl sites for hydroxylation is 2. The fourth-order valence-corrected chi connectivity index (χ4v) is 2.44. The fourth-order valence-electron chi connectivity index (χ4n) is 2.44. The number of aliphatic hydroxyl groups excluding tert-OH is 1. The molecule has 0 radical (unpaired) electrons. The summed E-state index contributed by atoms with van der Waals surface area (Å²) in [7, 11) is 1.44.